The summed E-state index contributed by atoms with van der Waals surface area (Å²) in [5.41, 5.74) is 5.64. The van der Waals surface area contributed by atoms with Gasteiger partial charge >= 0.3 is 5.69 Å². The molecule has 0 spiro atoms. The number of nitro groups is 2. The summed E-state index contributed by atoms with van der Waals surface area (Å²) in [6.07, 6.45) is 13.9. The van der Waals surface area contributed by atoms with Gasteiger partial charge in [0.05, 0.1) is 15.9 Å². The molecule has 0 saturated heterocycles. The number of benzene rings is 1. The van der Waals surface area contributed by atoms with Crippen LogP contribution in [0.3, 0.4) is 0 Å². The summed E-state index contributed by atoms with van der Waals surface area (Å²) in [7, 11) is 0. The van der Waals surface area contributed by atoms with Gasteiger partial charge in [0, 0.05) is 17.7 Å². The van der Waals surface area contributed by atoms with E-state index in [4.69, 9.17) is 5.10 Å². The van der Waals surface area contributed by atoms with Crippen molar-refractivity contribution in [2.45, 2.75) is 126 Å². The van der Waals surface area contributed by atoms with Crippen LogP contribution in [-0.4, -0.2) is 15.6 Å². The van der Waals surface area contributed by atoms with Crippen molar-refractivity contribution < 1.29 is 9.85 Å². The molecule has 242 valence electrons. The maximum atomic E-state index is 11.7. The highest BCUT2D eigenvalue weighted by Gasteiger charge is 2.70. The van der Waals surface area contributed by atoms with Crippen molar-refractivity contribution in [3.05, 3.63) is 38.4 Å². The first-order chi connectivity index (χ1) is 20.4. The summed E-state index contributed by atoms with van der Waals surface area (Å²) in [5.74, 6) is 2.40. The molecule has 1 aromatic rings. The van der Waals surface area contributed by atoms with E-state index in [0.717, 1.165) is 36.5 Å². The second kappa shape index (κ2) is 9.99. The number of hydrogen-bond donors (Lipinski definition) is 1. The van der Waals surface area contributed by atoms with E-state index < -0.39 is 9.85 Å². The number of nitrogens with one attached hydrogen (secondary N) is 1. The van der Waals surface area contributed by atoms with Gasteiger partial charge in [0.2, 0.25) is 0 Å². The molecule has 5 saturated carbocycles. The van der Waals surface area contributed by atoms with Crippen LogP contribution >= 0.6 is 0 Å². The normalized spacial score (nSPS) is 45.3. The minimum atomic E-state index is -0.611. The standard InChI is InChI=1S/C36H54N4O4/c1-23-25(37-38-26-10-9-24(39(41)42)21-27(26)40(43)44)11-12-28-33(23,5)14-13-29-34(28,6)18-20-36(8)30-22-31(2,3)15-16-32(30,4)17-19-35(29,36)7/h9-10,21,23,28-30,38H,11-20,22H2,1-8H3/t23-,28+,29-,30+,32+,33+,34-,35+,36-/m0/s1. The molecule has 0 aliphatic heterocycles. The zero-order valence-corrected chi connectivity index (χ0v) is 28.3. The van der Waals surface area contributed by atoms with E-state index in [0.29, 0.717) is 33.0 Å². The highest BCUT2D eigenvalue weighted by atomic mass is 16.6. The summed E-state index contributed by atoms with van der Waals surface area (Å²) < 4.78 is 0. The number of nitro benzene ring substituents is 2. The lowest BCUT2D eigenvalue weighted by molar-refractivity contribution is -0.393. The van der Waals surface area contributed by atoms with E-state index >= 15 is 0 Å². The Kier molecular flexibility index (Phi) is 7.15. The van der Waals surface area contributed by atoms with Gasteiger partial charge in [0.15, 0.2) is 0 Å². The van der Waals surface area contributed by atoms with Gasteiger partial charge in [-0.05, 0) is 127 Å². The van der Waals surface area contributed by atoms with Crippen molar-refractivity contribution in [1.29, 1.82) is 0 Å². The van der Waals surface area contributed by atoms with E-state index in [1.807, 2.05) is 0 Å². The summed E-state index contributed by atoms with van der Waals surface area (Å²) in [4.78, 5) is 21.7. The molecular weight excluding hydrogens is 552 g/mol. The Balaban J connectivity index is 1.27. The number of hydrogen-bond acceptors (Lipinski definition) is 6. The quantitative estimate of drug-likeness (QED) is 0.271. The fourth-order valence-electron chi connectivity index (χ4n) is 12.4. The van der Waals surface area contributed by atoms with Crippen molar-refractivity contribution >= 4 is 22.8 Å². The first kappa shape index (κ1) is 31.5. The van der Waals surface area contributed by atoms with Crippen LogP contribution < -0.4 is 5.43 Å². The highest BCUT2D eigenvalue weighted by molar-refractivity contribution is 5.89. The first-order valence-electron chi connectivity index (χ1n) is 17.2. The minimum absolute atomic E-state index is 0.117. The molecule has 8 nitrogen and oxygen atoms in total. The molecule has 0 bridgehead atoms. The molecule has 9 atom stereocenters. The van der Waals surface area contributed by atoms with Gasteiger partial charge in [-0.2, -0.15) is 5.10 Å². The van der Waals surface area contributed by atoms with Crippen LogP contribution in [0.5, 0.6) is 0 Å². The van der Waals surface area contributed by atoms with Gasteiger partial charge in [-0.1, -0.05) is 55.4 Å². The summed E-state index contributed by atoms with van der Waals surface area (Å²) in [5, 5.41) is 27.6. The second-order valence-corrected chi connectivity index (χ2v) is 17.8. The summed E-state index contributed by atoms with van der Waals surface area (Å²) >= 11 is 0. The van der Waals surface area contributed by atoms with Crippen molar-refractivity contribution in [3.63, 3.8) is 0 Å². The predicted octanol–water partition coefficient (Wildman–Crippen LogP) is 10.2. The van der Waals surface area contributed by atoms with Crippen LogP contribution in [0.4, 0.5) is 17.1 Å². The number of fused-ring (bicyclic) bond motifs is 7. The highest BCUT2D eigenvalue weighted by Crippen LogP contribution is 2.78. The number of rotatable bonds is 4. The number of non-ortho nitro benzene ring substituents is 1. The molecule has 5 fully saturated rings. The van der Waals surface area contributed by atoms with Crippen LogP contribution in [0.2, 0.25) is 0 Å². The smallest absolute Gasteiger partial charge is 0.272 e. The van der Waals surface area contributed by atoms with E-state index in [9.17, 15) is 20.2 Å². The Morgan fingerprint density at radius 2 is 1.43 bits per heavy atom. The fraction of sp³-hybridized carbons (Fsp3) is 0.806. The Labute approximate surface area is 263 Å². The lowest BCUT2D eigenvalue weighted by Crippen LogP contribution is -2.67. The van der Waals surface area contributed by atoms with Gasteiger partial charge in [0.25, 0.3) is 5.69 Å². The third-order valence-corrected chi connectivity index (χ3v) is 15.5. The SMILES string of the molecule is C[C@H]1C(=NNc2ccc([N+](=O)[O-])cc2[N+](=O)[O-])CC[C@@H]2[C@]1(C)CC[C@H]1[C@@]2(C)CC[C@@]2(C)[C@@H]3CC(C)(C)CC[C@]3(C)CC[C@]12C. The molecule has 1 aromatic carbocycles. The van der Waals surface area contributed by atoms with Gasteiger partial charge in [0.1, 0.15) is 5.69 Å². The van der Waals surface area contributed by atoms with Crippen LogP contribution in [-0.2, 0) is 0 Å². The lowest BCUT2D eigenvalue weighted by Gasteiger charge is -2.75. The third-order valence-electron chi connectivity index (χ3n) is 15.5. The fourth-order valence-corrected chi connectivity index (χ4v) is 12.4. The topological polar surface area (TPSA) is 111 Å². The predicted molar refractivity (Wildman–Crippen MR) is 176 cm³/mol. The molecule has 1 N–H and O–H groups in total. The average molecular weight is 607 g/mol. The zero-order valence-electron chi connectivity index (χ0n) is 28.3. The maximum absolute atomic E-state index is 11.7. The average Bonchev–Trinajstić information content (AvgIpc) is 2.95. The molecular formula is C36H54N4O4. The summed E-state index contributed by atoms with van der Waals surface area (Å²) in [6.45, 7) is 20.5. The molecule has 44 heavy (non-hydrogen) atoms. The molecule has 5 aliphatic rings. The van der Waals surface area contributed by atoms with Crippen molar-refractivity contribution in [2.24, 2.45) is 61.3 Å². The van der Waals surface area contributed by atoms with Crippen molar-refractivity contribution in [3.8, 4) is 0 Å². The third kappa shape index (κ3) is 4.39. The lowest BCUT2D eigenvalue weighted by atomic mass is 9.30. The van der Waals surface area contributed by atoms with Gasteiger partial charge < -0.3 is 0 Å². The molecule has 6 rings (SSSR count). The van der Waals surface area contributed by atoms with Gasteiger partial charge in [-0.25, -0.2) is 0 Å². The van der Waals surface area contributed by atoms with E-state index in [1.54, 1.807) is 0 Å². The van der Waals surface area contributed by atoms with E-state index in [2.05, 4.69) is 60.8 Å². The molecule has 5 aliphatic carbocycles. The minimum Gasteiger partial charge on any atom is -0.272 e. The molecule has 0 amide bonds. The van der Waals surface area contributed by atoms with Crippen LogP contribution in [0.1, 0.15) is 126 Å². The van der Waals surface area contributed by atoms with E-state index in [-0.39, 0.29) is 28.4 Å². The largest absolute Gasteiger partial charge is 0.301 e. The second-order valence-electron chi connectivity index (χ2n) is 17.8. The molecule has 0 heterocycles. The Morgan fingerprint density at radius 3 is 2.11 bits per heavy atom. The Morgan fingerprint density at radius 1 is 0.773 bits per heavy atom. The molecule has 0 radical (unpaired) electrons. The summed E-state index contributed by atoms with van der Waals surface area (Å²) in [6, 6.07) is 3.69. The van der Waals surface area contributed by atoms with E-state index in [1.165, 1.54) is 69.9 Å². The van der Waals surface area contributed by atoms with Crippen LogP contribution in [0.25, 0.3) is 0 Å². The van der Waals surface area contributed by atoms with Crippen molar-refractivity contribution in [2.75, 3.05) is 5.43 Å². The Bertz CT molecular complexity index is 1410. The molecule has 0 aromatic heterocycles. The number of hydrazone groups is 1. The van der Waals surface area contributed by atoms with Crippen molar-refractivity contribution in [1.82, 2.24) is 0 Å². The van der Waals surface area contributed by atoms with Crippen LogP contribution in [0, 0.1) is 76.4 Å². The van der Waals surface area contributed by atoms with Gasteiger partial charge in [-0.15, -0.1) is 0 Å². The Hall–Kier alpha value is -2.51. The van der Waals surface area contributed by atoms with Gasteiger partial charge in [-0.3, -0.25) is 25.7 Å². The van der Waals surface area contributed by atoms with Crippen LogP contribution in [0.15, 0.2) is 23.3 Å². The first-order valence-corrected chi connectivity index (χ1v) is 17.2. The monoisotopic (exact) mass is 606 g/mol. The maximum Gasteiger partial charge on any atom is 0.301 e. The number of anilines is 1. The molecule has 0 unspecified atom stereocenters. The zero-order chi connectivity index (χ0) is 32.1. The molecule has 8 heteroatoms. The number of nitrogens with zero attached hydrogens (tertiary/aromatic N) is 3.